The molecule has 0 saturated carbocycles. The highest BCUT2D eigenvalue weighted by Gasteiger charge is 2.26. The Hall–Kier alpha value is -0.610. The first kappa shape index (κ1) is 13.5. The van der Waals surface area contributed by atoms with Gasteiger partial charge >= 0.3 is 5.97 Å². The predicted molar refractivity (Wildman–Crippen MR) is 59.9 cm³/mol. The molecule has 0 N–H and O–H groups in total. The first-order valence-electron chi connectivity index (χ1n) is 6.08. The smallest absolute Gasteiger partial charge is 0.311 e. The third-order valence-electron chi connectivity index (χ3n) is 2.87. The van der Waals surface area contributed by atoms with Crippen LogP contribution in [0.1, 0.15) is 40.0 Å². The molecular formula is C12H22O4. The van der Waals surface area contributed by atoms with E-state index >= 15 is 0 Å². The second-order valence-corrected chi connectivity index (χ2v) is 4.18. The first-order chi connectivity index (χ1) is 7.65. The Bertz CT molecular complexity index is 211. The van der Waals surface area contributed by atoms with Crippen molar-refractivity contribution in [3.8, 4) is 0 Å². The van der Waals surface area contributed by atoms with Crippen molar-refractivity contribution >= 4 is 5.97 Å². The topological polar surface area (TPSA) is 44.8 Å². The van der Waals surface area contributed by atoms with E-state index in [0.717, 1.165) is 25.9 Å². The van der Waals surface area contributed by atoms with Gasteiger partial charge in [-0.1, -0.05) is 0 Å². The molecule has 4 heteroatoms. The van der Waals surface area contributed by atoms with Crippen LogP contribution in [0.25, 0.3) is 0 Å². The zero-order chi connectivity index (χ0) is 12.0. The van der Waals surface area contributed by atoms with E-state index in [2.05, 4.69) is 0 Å². The molecule has 1 aliphatic heterocycles. The van der Waals surface area contributed by atoms with E-state index in [9.17, 15) is 4.79 Å². The van der Waals surface area contributed by atoms with Crippen molar-refractivity contribution in [1.82, 2.24) is 0 Å². The molecular weight excluding hydrogens is 208 g/mol. The molecule has 0 radical (unpaired) electrons. The second kappa shape index (κ2) is 6.86. The molecule has 0 aromatic rings. The Morgan fingerprint density at radius 1 is 1.44 bits per heavy atom. The second-order valence-electron chi connectivity index (χ2n) is 4.18. The summed E-state index contributed by atoms with van der Waals surface area (Å²) in [5.41, 5.74) is 0. The van der Waals surface area contributed by atoms with E-state index in [-0.39, 0.29) is 24.3 Å². The number of ether oxygens (including phenoxy) is 3. The van der Waals surface area contributed by atoms with Crippen molar-refractivity contribution in [1.29, 1.82) is 0 Å². The van der Waals surface area contributed by atoms with Crippen LogP contribution in [0.2, 0.25) is 0 Å². The van der Waals surface area contributed by atoms with Gasteiger partial charge in [-0.05, 0) is 40.0 Å². The molecule has 1 saturated heterocycles. The zero-order valence-corrected chi connectivity index (χ0v) is 10.4. The van der Waals surface area contributed by atoms with Crippen LogP contribution in [0.15, 0.2) is 0 Å². The van der Waals surface area contributed by atoms with Gasteiger partial charge in [0.25, 0.3) is 0 Å². The van der Waals surface area contributed by atoms with Crippen molar-refractivity contribution in [2.75, 3.05) is 13.2 Å². The fourth-order valence-corrected chi connectivity index (χ4v) is 1.64. The number of carbonyl (C=O) groups is 1. The molecule has 1 unspecified atom stereocenters. The molecule has 3 atom stereocenters. The standard InChI is InChI=1S/C12H22O4/c1-4-14-12(13)9(2)10(3)16-11-7-5-6-8-15-11/h9-11H,4-8H2,1-3H3/t9-,10+,11?/m1/s1. The quantitative estimate of drug-likeness (QED) is 0.679. The molecule has 16 heavy (non-hydrogen) atoms. The summed E-state index contributed by atoms with van der Waals surface area (Å²) < 4.78 is 16.1. The monoisotopic (exact) mass is 230 g/mol. The highest BCUT2D eigenvalue weighted by molar-refractivity contribution is 5.72. The average Bonchev–Trinajstić information content (AvgIpc) is 2.29. The summed E-state index contributed by atoms with van der Waals surface area (Å²) in [6.07, 6.45) is 2.83. The summed E-state index contributed by atoms with van der Waals surface area (Å²) in [5, 5.41) is 0. The van der Waals surface area contributed by atoms with Crippen LogP contribution >= 0.6 is 0 Å². The van der Waals surface area contributed by atoms with Crippen LogP contribution in [-0.2, 0) is 19.0 Å². The van der Waals surface area contributed by atoms with Gasteiger partial charge in [-0.3, -0.25) is 4.79 Å². The van der Waals surface area contributed by atoms with Gasteiger partial charge in [-0.2, -0.15) is 0 Å². The summed E-state index contributed by atoms with van der Waals surface area (Å²) in [5.74, 6) is -0.448. The molecule has 0 bridgehead atoms. The fraction of sp³-hybridized carbons (Fsp3) is 0.917. The summed E-state index contributed by atoms with van der Waals surface area (Å²) in [6.45, 7) is 6.69. The van der Waals surface area contributed by atoms with Gasteiger partial charge in [0.1, 0.15) is 0 Å². The summed E-state index contributed by atoms with van der Waals surface area (Å²) >= 11 is 0. The number of carbonyl (C=O) groups excluding carboxylic acids is 1. The van der Waals surface area contributed by atoms with Crippen molar-refractivity contribution in [2.24, 2.45) is 5.92 Å². The summed E-state index contributed by atoms with van der Waals surface area (Å²) in [6, 6.07) is 0. The van der Waals surface area contributed by atoms with E-state index in [1.165, 1.54) is 0 Å². The van der Waals surface area contributed by atoms with E-state index in [4.69, 9.17) is 14.2 Å². The molecule has 4 nitrogen and oxygen atoms in total. The van der Waals surface area contributed by atoms with Gasteiger partial charge in [0.2, 0.25) is 0 Å². The molecule has 0 amide bonds. The largest absolute Gasteiger partial charge is 0.466 e. The van der Waals surface area contributed by atoms with Crippen LogP contribution in [0.5, 0.6) is 0 Å². The number of hydrogen-bond acceptors (Lipinski definition) is 4. The molecule has 1 fully saturated rings. The van der Waals surface area contributed by atoms with Gasteiger partial charge in [-0.15, -0.1) is 0 Å². The molecule has 1 rings (SSSR count). The lowest BCUT2D eigenvalue weighted by molar-refractivity contribution is -0.198. The van der Waals surface area contributed by atoms with Gasteiger partial charge in [0.15, 0.2) is 6.29 Å². The molecule has 94 valence electrons. The Kier molecular flexibility index (Phi) is 5.77. The van der Waals surface area contributed by atoms with Gasteiger partial charge in [-0.25, -0.2) is 0 Å². The summed E-state index contributed by atoms with van der Waals surface area (Å²) in [4.78, 5) is 11.5. The minimum atomic E-state index is -0.245. The van der Waals surface area contributed by atoms with Gasteiger partial charge in [0, 0.05) is 6.61 Å². The maximum absolute atomic E-state index is 11.5. The highest BCUT2D eigenvalue weighted by atomic mass is 16.7. The van der Waals surface area contributed by atoms with E-state index < -0.39 is 0 Å². The Labute approximate surface area is 97.2 Å². The molecule has 0 aromatic heterocycles. The molecule has 0 spiro atoms. The molecule has 0 aromatic carbocycles. The van der Waals surface area contributed by atoms with Crippen molar-refractivity contribution in [3.05, 3.63) is 0 Å². The lowest BCUT2D eigenvalue weighted by Gasteiger charge is -2.28. The predicted octanol–water partition coefficient (Wildman–Crippen LogP) is 2.12. The third kappa shape index (κ3) is 4.10. The molecule has 0 aliphatic carbocycles. The molecule has 1 heterocycles. The lowest BCUT2D eigenvalue weighted by Crippen LogP contribution is -2.33. The number of hydrogen-bond donors (Lipinski definition) is 0. The molecule has 1 aliphatic rings. The average molecular weight is 230 g/mol. The minimum absolute atomic E-state index is 0.152. The fourth-order valence-electron chi connectivity index (χ4n) is 1.64. The Morgan fingerprint density at radius 2 is 2.19 bits per heavy atom. The highest BCUT2D eigenvalue weighted by Crippen LogP contribution is 2.18. The first-order valence-corrected chi connectivity index (χ1v) is 6.08. The Morgan fingerprint density at radius 3 is 2.75 bits per heavy atom. The maximum atomic E-state index is 11.5. The van der Waals surface area contributed by atoms with Crippen LogP contribution in [0, 0.1) is 5.92 Å². The van der Waals surface area contributed by atoms with Gasteiger partial charge < -0.3 is 14.2 Å². The lowest BCUT2D eigenvalue weighted by atomic mass is 10.1. The minimum Gasteiger partial charge on any atom is -0.466 e. The Balaban J connectivity index is 2.32. The van der Waals surface area contributed by atoms with E-state index in [0.29, 0.717) is 6.61 Å². The van der Waals surface area contributed by atoms with Crippen molar-refractivity contribution < 1.29 is 19.0 Å². The van der Waals surface area contributed by atoms with Crippen LogP contribution < -0.4 is 0 Å². The number of esters is 1. The maximum Gasteiger partial charge on any atom is 0.311 e. The van der Waals surface area contributed by atoms with Crippen molar-refractivity contribution in [3.63, 3.8) is 0 Å². The number of rotatable bonds is 5. The van der Waals surface area contributed by atoms with Crippen LogP contribution in [-0.4, -0.2) is 31.6 Å². The third-order valence-corrected chi connectivity index (χ3v) is 2.87. The van der Waals surface area contributed by atoms with E-state index in [1.807, 2.05) is 13.8 Å². The van der Waals surface area contributed by atoms with Crippen LogP contribution in [0.4, 0.5) is 0 Å². The van der Waals surface area contributed by atoms with Crippen molar-refractivity contribution in [2.45, 2.75) is 52.4 Å². The normalized spacial score (nSPS) is 24.8. The zero-order valence-electron chi connectivity index (χ0n) is 10.4. The summed E-state index contributed by atoms with van der Waals surface area (Å²) in [7, 11) is 0. The van der Waals surface area contributed by atoms with Crippen LogP contribution in [0.3, 0.4) is 0 Å². The SMILES string of the molecule is CCOC(=O)[C@H](C)[C@H](C)OC1CCCCO1. The van der Waals surface area contributed by atoms with E-state index in [1.54, 1.807) is 6.92 Å². The van der Waals surface area contributed by atoms with Gasteiger partial charge in [0.05, 0.1) is 18.6 Å².